The molecule has 1 aromatic carbocycles. The minimum atomic E-state index is -4.30. The van der Waals surface area contributed by atoms with Crippen LogP contribution in [0.25, 0.3) is 0 Å². The van der Waals surface area contributed by atoms with E-state index in [4.69, 9.17) is 4.74 Å². The van der Waals surface area contributed by atoms with Crippen LogP contribution in [0.2, 0.25) is 0 Å². The van der Waals surface area contributed by atoms with Crippen molar-refractivity contribution < 1.29 is 17.9 Å². The lowest BCUT2D eigenvalue weighted by Crippen LogP contribution is -2.05. The van der Waals surface area contributed by atoms with Crippen molar-refractivity contribution in [2.24, 2.45) is 0 Å². The molecule has 0 fully saturated rings. The molecule has 0 radical (unpaired) electrons. The average Bonchev–Trinajstić information content (AvgIpc) is 2.31. The standard InChI is InChI=1S/C11H13F3O.C2H6/c1-2-3-7-15-10-6-4-5-9(8-10)11(12,13)14;1-2/h4-6,8H,2-3,7H2,1H3;1-2H3. The molecule has 98 valence electrons. The molecule has 0 heterocycles. The summed E-state index contributed by atoms with van der Waals surface area (Å²) in [5, 5.41) is 0. The zero-order valence-corrected chi connectivity index (χ0v) is 10.5. The molecule has 0 atom stereocenters. The number of hydrogen-bond donors (Lipinski definition) is 0. The molecule has 1 rings (SSSR count). The fourth-order valence-electron chi connectivity index (χ4n) is 1.10. The first-order valence-electron chi connectivity index (χ1n) is 5.84. The molecule has 0 amide bonds. The topological polar surface area (TPSA) is 9.23 Å². The summed E-state index contributed by atoms with van der Waals surface area (Å²) in [6.45, 7) is 6.45. The highest BCUT2D eigenvalue weighted by Gasteiger charge is 2.30. The second-order valence-electron chi connectivity index (χ2n) is 3.23. The van der Waals surface area contributed by atoms with Gasteiger partial charge >= 0.3 is 6.18 Å². The molecule has 0 aliphatic carbocycles. The van der Waals surface area contributed by atoms with Gasteiger partial charge in [0, 0.05) is 0 Å². The molecular weight excluding hydrogens is 229 g/mol. The van der Waals surface area contributed by atoms with Gasteiger partial charge in [0.15, 0.2) is 0 Å². The number of alkyl halides is 3. The number of unbranched alkanes of at least 4 members (excludes halogenated alkanes) is 1. The average molecular weight is 248 g/mol. The highest BCUT2D eigenvalue weighted by molar-refractivity contribution is 5.30. The van der Waals surface area contributed by atoms with Crippen molar-refractivity contribution in [3.8, 4) is 5.75 Å². The Morgan fingerprint density at radius 2 is 1.82 bits per heavy atom. The number of benzene rings is 1. The molecule has 0 saturated carbocycles. The van der Waals surface area contributed by atoms with E-state index in [1.165, 1.54) is 12.1 Å². The van der Waals surface area contributed by atoms with E-state index in [2.05, 4.69) is 0 Å². The van der Waals surface area contributed by atoms with Gasteiger partial charge in [-0.25, -0.2) is 0 Å². The van der Waals surface area contributed by atoms with Crippen LogP contribution in [0.3, 0.4) is 0 Å². The Bertz CT molecular complexity index is 308. The van der Waals surface area contributed by atoms with Crippen molar-refractivity contribution in [3.63, 3.8) is 0 Å². The van der Waals surface area contributed by atoms with E-state index in [0.29, 0.717) is 6.61 Å². The predicted octanol–water partition coefficient (Wildman–Crippen LogP) is 4.91. The molecule has 0 unspecified atom stereocenters. The molecule has 4 heteroatoms. The Kier molecular flexibility index (Phi) is 7.42. The van der Waals surface area contributed by atoms with E-state index in [1.807, 2.05) is 20.8 Å². The molecule has 0 aromatic heterocycles. The summed E-state index contributed by atoms with van der Waals surface area (Å²) in [7, 11) is 0. The third-order valence-electron chi connectivity index (χ3n) is 1.93. The molecule has 0 aliphatic rings. The zero-order valence-electron chi connectivity index (χ0n) is 10.5. The molecule has 0 bridgehead atoms. The van der Waals surface area contributed by atoms with Gasteiger partial charge < -0.3 is 4.74 Å². The van der Waals surface area contributed by atoms with Crippen molar-refractivity contribution in [2.45, 2.75) is 39.8 Å². The first-order chi connectivity index (χ1) is 8.04. The Morgan fingerprint density at radius 3 is 2.35 bits per heavy atom. The van der Waals surface area contributed by atoms with E-state index in [1.54, 1.807) is 0 Å². The molecule has 0 aliphatic heterocycles. The summed E-state index contributed by atoms with van der Waals surface area (Å²) in [5.74, 6) is 0.276. The van der Waals surface area contributed by atoms with Gasteiger partial charge in [0.25, 0.3) is 0 Å². The minimum absolute atomic E-state index is 0.276. The van der Waals surface area contributed by atoms with E-state index >= 15 is 0 Å². The third kappa shape index (κ3) is 6.19. The lowest BCUT2D eigenvalue weighted by molar-refractivity contribution is -0.137. The van der Waals surface area contributed by atoms with Crippen molar-refractivity contribution in [1.82, 2.24) is 0 Å². The quantitative estimate of drug-likeness (QED) is 0.688. The van der Waals surface area contributed by atoms with Gasteiger partial charge in [0.05, 0.1) is 12.2 Å². The molecule has 0 spiro atoms. The molecule has 17 heavy (non-hydrogen) atoms. The summed E-state index contributed by atoms with van der Waals surface area (Å²) < 4.78 is 42.1. The van der Waals surface area contributed by atoms with Crippen LogP contribution >= 0.6 is 0 Å². The lowest BCUT2D eigenvalue weighted by Gasteiger charge is -2.09. The van der Waals surface area contributed by atoms with E-state index in [0.717, 1.165) is 25.0 Å². The van der Waals surface area contributed by atoms with Gasteiger partial charge in [-0.1, -0.05) is 33.3 Å². The normalized spacial score (nSPS) is 10.5. The summed E-state index contributed by atoms with van der Waals surface area (Å²) in [6.07, 6.45) is -2.50. The Hall–Kier alpha value is -1.19. The van der Waals surface area contributed by atoms with Crippen LogP contribution in [0.5, 0.6) is 5.75 Å². The Morgan fingerprint density at radius 1 is 1.18 bits per heavy atom. The summed E-state index contributed by atoms with van der Waals surface area (Å²) in [6, 6.07) is 4.94. The second-order valence-corrected chi connectivity index (χ2v) is 3.23. The molecule has 1 aromatic rings. The van der Waals surface area contributed by atoms with E-state index in [9.17, 15) is 13.2 Å². The molecule has 0 saturated heterocycles. The number of halogens is 3. The summed E-state index contributed by atoms with van der Waals surface area (Å²) in [5.41, 5.74) is -0.670. The molecule has 0 N–H and O–H groups in total. The third-order valence-corrected chi connectivity index (χ3v) is 1.93. The van der Waals surface area contributed by atoms with Gasteiger partial charge in [-0.05, 0) is 24.6 Å². The monoisotopic (exact) mass is 248 g/mol. The Labute approximate surface area is 101 Å². The van der Waals surface area contributed by atoms with Crippen LogP contribution in [0.4, 0.5) is 13.2 Å². The minimum Gasteiger partial charge on any atom is -0.494 e. The first-order valence-corrected chi connectivity index (χ1v) is 5.84. The van der Waals surface area contributed by atoms with Crippen LogP contribution in [-0.2, 0) is 6.18 Å². The summed E-state index contributed by atoms with van der Waals surface area (Å²) in [4.78, 5) is 0. The number of rotatable bonds is 4. The highest BCUT2D eigenvalue weighted by Crippen LogP contribution is 2.31. The van der Waals surface area contributed by atoms with E-state index in [-0.39, 0.29) is 5.75 Å². The maximum atomic E-state index is 12.3. The van der Waals surface area contributed by atoms with Gasteiger partial charge in [-0.15, -0.1) is 0 Å². The van der Waals surface area contributed by atoms with Crippen molar-refractivity contribution in [1.29, 1.82) is 0 Å². The fourth-order valence-corrected chi connectivity index (χ4v) is 1.10. The Balaban J connectivity index is 0.00000121. The van der Waals surface area contributed by atoms with Gasteiger partial charge in [-0.2, -0.15) is 13.2 Å². The van der Waals surface area contributed by atoms with Crippen LogP contribution in [-0.4, -0.2) is 6.61 Å². The van der Waals surface area contributed by atoms with Crippen LogP contribution in [0, 0.1) is 0 Å². The summed E-state index contributed by atoms with van der Waals surface area (Å²) >= 11 is 0. The molecular formula is C13H19F3O. The zero-order chi connectivity index (χ0) is 13.3. The number of hydrogen-bond acceptors (Lipinski definition) is 1. The van der Waals surface area contributed by atoms with Crippen molar-refractivity contribution >= 4 is 0 Å². The largest absolute Gasteiger partial charge is 0.494 e. The lowest BCUT2D eigenvalue weighted by atomic mass is 10.2. The molecule has 1 nitrogen and oxygen atoms in total. The van der Waals surface area contributed by atoms with Gasteiger partial charge in [0.1, 0.15) is 5.75 Å². The second kappa shape index (κ2) is 7.98. The maximum absolute atomic E-state index is 12.3. The highest BCUT2D eigenvalue weighted by atomic mass is 19.4. The van der Waals surface area contributed by atoms with Gasteiger partial charge in [0.2, 0.25) is 0 Å². The van der Waals surface area contributed by atoms with Gasteiger partial charge in [-0.3, -0.25) is 0 Å². The first kappa shape index (κ1) is 15.8. The van der Waals surface area contributed by atoms with Crippen LogP contribution in [0.1, 0.15) is 39.2 Å². The van der Waals surface area contributed by atoms with Crippen LogP contribution < -0.4 is 4.74 Å². The van der Waals surface area contributed by atoms with Crippen molar-refractivity contribution in [3.05, 3.63) is 29.8 Å². The van der Waals surface area contributed by atoms with Crippen LogP contribution in [0.15, 0.2) is 24.3 Å². The number of ether oxygens (including phenoxy) is 1. The maximum Gasteiger partial charge on any atom is 0.416 e. The van der Waals surface area contributed by atoms with E-state index < -0.39 is 11.7 Å². The fraction of sp³-hybridized carbons (Fsp3) is 0.538. The van der Waals surface area contributed by atoms with Crippen molar-refractivity contribution in [2.75, 3.05) is 6.61 Å². The smallest absolute Gasteiger partial charge is 0.416 e. The predicted molar refractivity (Wildman–Crippen MR) is 63.2 cm³/mol. The SMILES string of the molecule is CC.CCCCOc1cccc(C(F)(F)F)c1.